The quantitative estimate of drug-likeness (QED) is 0.894. The summed E-state index contributed by atoms with van der Waals surface area (Å²) in [5, 5.41) is 3.93. The number of benzene rings is 1. The summed E-state index contributed by atoms with van der Waals surface area (Å²) >= 11 is 5.96. The minimum atomic E-state index is 0.431. The maximum absolute atomic E-state index is 5.96. The Kier molecular flexibility index (Phi) is 4.63. The molecule has 0 saturated carbocycles. The Balaban J connectivity index is 2.05. The Hall–Kier alpha value is -1.74. The first-order valence-electron chi connectivity index (χ1n) is 6.27. The number of pyridine rings is 1. The van der Waals surface area contributed by atoms with Crippen LogP contribution in [0.5, 0.6) is 5.75 Å². The van der Waals surface area contributed by atoms with Crippen molar-refractivity contribution in [3.63, 3.8) is 0 Å². The number of ether oxygens (including phenoxy) is 1. The number of hydrogen-bond acceptors (Lipinski definition) is 3. The Morgan fingerprint density at radius 3 is 2.89 bits per heavy atom. The number of anilines is 1. The zero-order valence-corrected chi connectivity index (χ0v) is 11.9. The summed E-state index contributed by atoms with van der Waals surface area (Å²) in [4.78, 5) is 4.29. The predicted octanol–water partition coefficient (Wildman–Crippen LogP) is 4.05. The summed E-state index contributed by atoms with van der Waals surface area (Å²) in [6.45, 7) is 5.37. The molecule has 0 atom stereocenters. The molecule has 19 heavy (non-hydrogen) atoms. The summed E-state index contributed by atoms with van der Waals surface area (Å²) in [6, 6.07) is 9.56. The highest BCUT2D eigenvalue weighted by atomic mass is 35.5. The van der Waals surface area contributed by atoms with Gasteiger partial charge in [-0.2, -0.15) is 0 Å². The van der Waals surface area contributed by atoms with Crippen molar-refractivity contribution in [1.82, 2.24) is 4.98 Å². The summed E-state index contributed by atoms with van der Waals surface area (Å²) in [6.07, 6.45) is 1.78. The van der Waals surface area contributed by atoms with Gasteiger partial charge in [0.15, 0.2) is 0 Å². The largest absolute Gasteiger partial charge is 0.487 e. The first kappa shape index (κ1) is 13.7. The number of hydrogen-bond donors (Lipinski definition) is 1. The lowest BCUT2D eigenvalue weighted by Crippen LogP contribution is -2.02. The first-order chi connectivity index (χ1) is 9.19. The fourth-order valence-electron chi connectivity index (χ4n) is 1.75. The van der Waals surface area contributed by atoms with Gasteiger partial charge in [0.2, 0.25) is 0 Å². The molecular formula is C15H17ClN2O. The van der Waals surface area contributed by atoms with Crippen molar-refractivity contribution >= 4 is 17.3 Å². The third-order valence-electron chi connectivity index (χ3n) is 2.72. The Morgan fingerprint density at radius 1 is 1.26 bits per heavy atom. The lowest BCUT2D eigenvalue weighted by atomic mass is 10.2. The average Bonchev–Trinajstić information content (AvgIpc) is 2.41. The SMILES string of the molecule is CCNc1ccnc(COc2cc(Cl)ccc2C)c1. The van der Waals surface area contributed by atoms with E-state index in [-0.39, 0.29) is 0 Å². The van der Waals surface area contributed by atoms with Crippen LogP contribution in [-0.4, -0.2) is 11.5 Å². The van der Waals surface area contributed by atoms with Gasteiger partial charge < -0.3 is 10.1 Å². The molecule has 0 unspecified atom stereocenters. The van der Waals surface area contributed by atoms with Gasteiger partial charge in [0, 0.05) is 23.5 Å². The molecule has 100 valence electrons. The van der Waals surface area contributed by atoms with Crippen LogP contribution in [0.1, 0.15) is 18.2 Å². The standard InChI is InChI=1S/C15H17ClN2O/c1-3-17-13-6-7-18-14(9-13)10-19-15-8-12(16)5-4-11(15)2/h4-9H,3,10H2,1-2H3,(H,17,18). The number of halogens is 1. The molecule has 0 saturated heterocycles. The first-order valence-corrected chi connectivity index (χ1v) is 6.64. The molecule has 2 rings (SSSR count). The van der Waals surface area contributed by atoms with E-state index in [1.807, 2.05) is 37.3 Å². The van der Waals surface area contributed by atoms with Crippen LogP contribution in [0.4, 0.5) is 5.69 Å². The van der Waals surface area contributed by atoms with Crippen LogP contribution in [0.25, 0.3) is 0 Å². The number of nitrogens with one attached hydrogen (secondary N) is 1. The molecule has 1 aromatic carbocycles. The van der Waals surface area contributed by atoms with E-state index >= 15 is 0 Å². The molecule has 3 nitrogen and oxygen atoms in total. The zero-order chi connectivity index (χ0) is 13.7. The van der Waals surface area contributed by atoms with E-state index in [9.17, 15) is 0 Å². The lowest BCUT2D eigenvalue weighted by Gasteiger charge is -2.10. The molecule has 1 aromatic heterocycles. The van der Waals surface area contributed by atoms with Crippen molar-refractivity contribution in [3.05, 3.63) is 52.8 Å². The van der Waals surface area contributed by atoms with E-state index in [0.717, 1.165) is 29.2 Å². The van der Waals surface area contributed by atoms with E-state index in [0.29, 0.717) is 11.6 Å². The van der Waals surface area contributed by atoms with E-state index in [4.69, 9.17) is 16.3 Å². The van der Waals surface area contributed by atoms with E-state index in [2.05, 4.69) is 17.2 Å². The highest BCUT2D eigenvalue weighted by Gasteiger charge is 2.03. The molecule has 0 aliphatic carbocycles. The fraction of sp³-hybridized carbons (Fsp3) is 0.267. The highest BCUT2D eigenvalue weighted by Crippen LogP contribution is 2.23. The van der Waals surface area contributed by atoms with Crippen molar-refractivity contribution in [2.24, 2.45) is 0 Å². The molecule has 4 heteroatoms. The molecule has 0 aliphatic heterocycles. The minimum absolute atomic E-state index is 0.431. The van der Waals surface area contributed by atoms with E-state index in [1.54, 1.807) is 6.20 Å². The van der Waals surface area contributed by atoms with Gasteiger partial charge in [-0.15, -0.1) is 0 Å². The third kappa shape index (κ3) is 3.86. The minimum Gasteiger partial charge on any atom is -0.487 e. The smallest absolute Gasteiger partial charge is 0.130 e. The molecule has 1 heterocycles. The van der Waals surface area contributed by atoms with Crippen LogP contribution in [0.15, 0.2) is 36.5 Å². The van der Waals surface area contributed by atoms with Crippen LogP contribution >= 0.6 is 11.6 Å². The van der Waals surface area contributed by atoms with Gasteiger partial charge in [0.1, 0.15) is 12.4 Å². The number of aryl methyl sites for hydroxylation is 1. The number of nitrogens with zero attached hydrogens (tertiary/aromatic N) is 1. The molecule has 0 amide bonds. The van der Waals surface area contributed by atoms with E-state index < -0.39 is 0 Å². The summed E-state index contributed by atoms with van der Waals surface area (Å²) < 4.78 is 5.76. The van der Waals surface area contributed by atoms with Crippen LogP contribution in [0, 0.1) is 6.92 Å². The molecule has 0 aliphatic rings. The van der Waals surface area contributed by atoms with Gasteiger partial charge in [-0.05, 0) is 43.7 Å². The Labute approximate surface area is 118 Å². The van der Waals surface area contributed by atoms with Crippen molar-refractivity contribution < 1.29 is 4.74 Å². The second-order valence-electron chi connectivity index (χ2n) is 4.26. The van der Waals surface area contributed by atoms with Crippen molar-refractivity contribution in [2.45, 2.75) is 20.5 Å². The molecule has 0 spiro atoms. The number of rotatable bonds is 5. The summed E-state index contributed by atoms with van der Waals surface area (Å²) in [5.41, 5.74) is 3.00. The maximum Gasteiger partial charge on any atom is 0.130 e. The summed E-state index contributed by atoms with van der Waals surface area (Å²) in [5.74, 6) is 0.795. The van der Waals surface area contributed by atoms with Crippen LogP contribution in [0.3, 0.4) is 0 Å². The van der Waals surface area contributed by atoms with Crippen molar-refractivity contribution in [1.29, 1.82) is 0 Å². The van der Waals surface area contributed by atoms with Crippen LogP contribution < -0.4 is 10.1 Å². The molecule has 0 fully saturated rings. The van der Waals surface area contributed by atoms with Gasteiger partial charge in [0.25, 0.3) is 0 Å². The van der Waals surface area contributed by atoms with Gasteiger partial charge >= 0.3 is 0 Å². The van der Waals surface area contributed by atoms with Crippen molar-refractivity contribution in [2.75, 3.05) is 11.9 Å². The zero-order valence-electron chi connectivity index (χ0n) is 11.1. The highest BCUT2D eigenvalue weighted by molar-refractivity contribution is 6.30. The van der Waals surface area contributed by atoms with Crippen molar-refractivity contribution in [3.8, 4) is 5.75 Å². The van der Waals surface area contributed by atoms with Crippen LogP contribution in [0.2, 0.25) is 5.02 Å². The molecule has 1 N–H and O–H groups in total. The lowest BCUT2D eigenvalue weighted by molar-refractivity contribution is 0.299. The summed E-state index contributed by atoms with van der Waals surface area (Å²) in [7, 11) is 0. The second-order valence-corrected chi connectivity index (χ2v) is 4.70. The van der Waals surface area contributed by atoms with Gasteiger partial charge in [0.05, 0.1) is 5.69 Å². The molecule has 2 aromatic rings. The number of aromatic nitrogens is 1. The molecule has 0 radical (unpaired) electrons. The van der Waals surface area contributed by atoms with Gasteiger partial charge in [-0.3, -0.25) is 4.98 Å². The fourth-order valence-corrected chi connectivity index (χ4v) is 1.91. The topological polar surface area (TPSA) is 34.2 Å². The average molecular weight is 277 g/mol. The molecule has 0 bridgehead atoms. The second kappa shape index (κ2) is 6.43. The monoisotopic (exact) mass is 276 g/mol. The normalized spacial score (nSPS) is 10.3. The van der Waals surface area contributed by atoms with Gasteiger partial charge in [-0.25, -0.2) is 0 Å². The third-order valence-corrected chi connectivity index (χ3v) is 2.96. The molecular weight excluding hydrogens is 260 g/mol. The van der Waals surface area contributed by atoms with Crippen LogP contribution in [-0.2, 0) is 6.61 Å². The maximum atomic E-state index is 5.96. The van der Waals surface area contributed by atoms with Gasteiger partial charge in [-0.1, -0.05) is 17.7 Å². The van der Waals surface area contributed by atoms with E-state index in [1.165, 1.54) is 0 Å². The predicted molar refractivity (Wildman–Crippen MR) is 78.9 cm³/mol. The Morgan fingerprint density at radius 2 is 2.11 bits per heavy atom. The Bertz CT molecular complexity index is 558.